The topological polar surface area (TPSA) is 47.3 Å². The summed E-state index contributed by atoms with van der Waals surface area (Å²) in [4.78, 5) is 20.1. The van der Waals surface area contributed by atoms with Crippen molar-refractivity contribution in [1.29, 1.82) is 0 Å². The van der Waals surface area contributed by atoms with Crippen LogP contribution in [0.1, 0.15) is 29.8 Å². The molecule has 0 N–H and O–H groups in total. The van der Waals surface area contributed by atoms with Gasteiger partial charge in [0.15, 0.2) is 5.65 Å². The summed E-state index contributed by atoms with van der Waals surface area (Å²) >= 11 is 0. The van der Waals surface area contributed by atoms with Gasteiger partial charge in [-0.25, -0.2) is 4.98 Å². The molecular weight excluding hydrogens is 214 g/mol. The molecule has 4 nitrogen and oxygen atoms in total. The third-order valence-corrected chi connectivity index (χ3v) is 3.24. The van der Waals surface area contributed by atoms with E-state index in [4.69, 9.17) is 0 Å². The van der Waals surface area contributed by atoms with Crippen molar-refractivity contribution in [2.24, 2.45) is 5.92 Å². The molecule has 1 fully saturated rings. The standard InChI is InChI=1S/C13H13N3O/c17-12(5-4-10-2-1-3-10)11-8-15-13-9-14-6-7-16(11)13/h4-10H,1-3H2/b5-4+. The molecule has 2 aromatic heterocycles. The quantitative estimate of drug-likeness (QED) is 0.597. The van der Waals surface area contributed by atoms with Crippen LogP contribution in [-0.2, 0) is 0 Å². The highest BCUT2D eigenvalue weighted by Gasteiger charge is 2.15. The molecule has 0 bridgehead atoms. The number of ketones is 1. The molecule has 0 spiro atoms. The highest BCUT2D eigenvalue weighted by Crippen LogP contribution is 2.27. The summed E-state index contributed by atoms with van der Waals surface area (Å²) in [5.74, 6) is 0.607. The largest absolute Gasteiger partial charge is 0.294 e. The number of fused-ring (bicyclic) bond motifs is 1. The number of rotatable bonds is 3. The first kappa shape index (κ1) is 10.2. The first-order chi connectivity index (χ1) is 8.34. The fourth-order valence-electron chi connectivity index (χ4n) is 1.97. The number of carbonyl (C=O) groups excluding carboxylic acids is 1. The number of hydrogen-bond acceptors (Lipinski definition) is 3. The van der Waals surface area contributed by atoms with Crippen molar-refractivity contribution in [3.8, 4) is 0 Å². The maximum absolute atomic E-state index is 12.0. The van der Waals surface area contributed by atoms with Crippen LogP contribution >= 0.6 is 0 Å². The van der Waals surface area contributed by atoms with Crippen LogP contribution in [0.2, 0.25) is 0 Å². The van der Waals surface area contributed by atoms with Crippen LogP contribution in [0, 0.1) is 5.92 Å². The van der Waals surface area contributed by atoms with Crippen molar-refractivity contribution in [3.63, 3.8) is 0 Å². The van der Waals surface area contributed by atoms with Gasteiger partial charge < -0.3 is 0 Å². The van der Waals surface area contributed by atoms with Crippen molar-refractivity contribution >= 4 is 11.4 Å². The fraction of sp³-hybridized carbons (Fsp3) is 0.308. The average Bonchev–Trinajstić information content (AvgIpc) is 2.70. The van der Waals surface area contributed by atoms with Gasteiger partial charge in [-0.2, -0.15) is 0 Å². The van der Waals surface area contributed by atoms with E-state index in [2.05, 4.69) is 9.97 Å². The number of allylic oxidation sites excluding steroid dienone is 2. The summed E-state index contributed by atoms with van der Waals surface area (Å²) in [5, 5.41) is 0. The van der Waals surface area contributed by atoms with E-state index < -0.39 is 0 Å². The molecule has 1 saturated carbocycles. The Morgan fingerprint density at radius 3 is 3.06 bits per heavy atom. The summed E-state index contributed by atoms with van der Waals surface area (Å²) in [6, 6.07) is 0. The fourth-order valence-corrected chi connectivity index (χ4v) is 1.97. The van der Waals surface area contributed by atoms with Gasteiger partial charge in [-0.15, -0.1) is 0 Å². The van der Waals surface area contributed by atoms with Crippen LogP contribution in [0.3, 0.4) is 0 Å². The minimum absolute atomic E-state index is 0.00981. The van der Waals surface area contributed by atoms with Crippen LogP contribution in [-0.4, -0.2) is 20.2 Å². The highest BCUT2D eigenvalue weighted by atomic mass is 16.1. The van der Waals surface area contributed by atoms with E-state index in [0.717, 1.165) is 0 Å². The van der Waals surface area contributed by atoms with E-state index in [-0.39, 0.29) is 5.78 Å². The minimum Gasteiger partial charge on any atom is -0.294 e. The van der Waals surface area contributed by atoms with Crippen LogP contribution < -0.4 is 0 Å². The molecule has 0 aromatic carbocycles. The number of carbonyl (C=O) groups is 1. The van der Waals surface area contributed by atoms with E-state index in [1.165, 1.54) is 19.3 Å². The van der Waals surface area contributed by atoms with Gasteiger partial charge >= 0.3 is 0 Å². The lowest BCUT2D eigenvalue weighted by atomic mass is 9.85. The average molecular weight is 227 g/mol. The SMILES string of the molecule is O=C(/C=C/C1CCC1)c1cnc2cnccn12. The third kappa shape index (κ3) is 1.86. The molecule has 0 amide bonds. The third-order valence-electron chi connectivity index (χ3n) is 3.24. The summed E-state index contributed by atoms with van der Waals surface area (Å²) in [6.07, 6.45) is 14.1. The number of hydrogen-bond donors (Lipinski definition) is 0. The molecule has 2 aromatic rings. The van der Waals surface area contributed by atoms with Crippen LogP contribution in [0.5, 0.6) is 0 Å². The normalized spacial score (nSPS) is 16.5. The molecular formula is C13H13N3O. The van der Waals surface area contributed by atoms with Gasteiger partial charge in [0.1, 0.15) is 5.69 Å². The lowest BCUT2D eigenvalue weighted by Gasteiger charge is -2.20. The molecule has 86 valence electrons. The van der Waals surface area contributed by atoms with E-state index in [1.54, 1.807) is 35.3 Å². The molecule has 0 saturated heterocycles. The maximum Gasteiger partial charge on any atom is 0.203 e. The predicted molar refractivity (Wildman–Crippen MR) is 63.8 cm³/mol. The summed E-state index contributed by atoms with van der Waals surface area (Å²) in [5.41, 5.74) is 1.30. The minimum atomic E-state index is 0.00981. The van der Waals surface area contributed by atoms with Crippen LogP contribution in [0.25, 0.3) is 5.65 Å². The monoisotopic (exact) mass is 227 g/mol. The zero-order valence-corrected chi connectivity index (χ0v) is 9.41. The van der Waals surface area contributed by atoms with Gasteiger partial charge in [0.2, 0.25) is 5.78 Å². The van der Waals surface area contributed by atoms with E-state index in [1.807, 2.05) is 6.08 Å². The Morgan fingerprint density at radius 1 is 1.41 bits per heavy atom. The zero-order valence-electron chi connectivity index (χ0n) is 9.41. The van der Waals surface area contributed by atoms with Crippen molar-refractivity contribution in [1.82, 2.24) is 14.4 Å². The molecule has 0 unspecified atom stereocenters. The zero-order chi connectivity index (χ0) is 11.7. The second kappa shape index (κ2) is 4.13. The van der Waals surface area contributed by atoms with Crippen LogP contribution in [0.4, 0.5) is 0 Å². The van der Waals surface area contributed by atoms with Crippen molar-refractivity contribution in [3.05, 3.63) is 42.6 Å². The molecule has 1 aliphatic carbocycles. The molecule has 3 rings (SSSR count). The van der Waals surface area contributed by atoms with Gasteiger partial charge in [-0.05, 0) is 24.8 Å². The van der Waals surface area contributed by atoms with Crippen molar-refractivity contribution in [2.75, 3.05) is 0 Å². The molecule has 4 heteroatoms. The Hall–Kier alpha value is -1.97. The van der Waals surface area contributed by atoms with E-state index >= 15 is 0 Å². The van der Waals surface area contributed by atoms with Gasteiger partial charge in [0.05, 0.1) is 12.4 Å². The first-order valence-corrected chi connectivity index (χ1v) is 5.84. The Balaban J connectivity index is 1.87. The summed E-state index contributed by atoms with van der Waals surface area (Å²) < 4.78 is 1.76. The Bertz CT molecular complexity index is 581. The smallest absolute Gasteiger partial charge is 0.203 e. The predicted octanol–water partition coefficient (Wildman–Crippen LogP) is 2.27. The molecule has 0 radical (unpaired) electrons. The maximum atomic E-state index is 12.0. The van der Waals surface area contributed by atoms with Gasteiger partial charge in [-0.1, -0.05) is 12.5 Å². The van der Waals surface area contributed by atoms with Crippen LogP contribution in [0.15, 0.2) is 36.9 Å². The number of nitrogens with zero attached hydrogens (tertiary/aromatic N) is 3. The Kier molecular flexibility index (Phi) is 2.48. The molecule has 17 heavy (non-hydrogen) atoms. The molecule has 0 atom stereocenters. The van der Waals surface area contributed by atoms with Crippen molar-refractivity contribution in [2.45, 2.75) is 19.3 Å². The first-order valence-electron chi connectivity index (χ1n) is 5.84. The second-order valence-electron chi connectivity index (χ2n) is 4.36. The summed E-state index contributed by atoms with van der Waals surface area (Å²) in [7, 11) is 0. The van der Waals surface area contributed by atoms with E-state index in [9.17, 15) is 4.79 Å². The lowest BCUT2D eigenvalue weighted by molar-refractivity contribution is 0.104. The summed E-state index contributed by atoms with van der Waals surface area (Å²) in [6.45, 7) is 0. The Labute approximate surface area is 99.0 Å². The second-order valence-corrected chi connectivity index (χ2v) is 4.36. The lowest BCUT2D eigenvalue weighted by Crippen LogP contribution is -2.08. The van der Waals surface area contributed by atoms with Gasteiger partial charge in [-0.3, -0.25) is 14.2 Å². The molecule has 1 aliphatic rings. The van der Waals surface area contributed by atoms with Gasteiger partial charge in [0.25, 0.3) is 0 Å². The number of aromatic nitrogens is 3. The molecule has 2 heterocycles. The van der Waals surface area contributed by atoms with Crippen molar-refractivity contribution < 1.29 is 4.79 Å². The van der Waals surface area contributed by atoms with Gasteiger partial charge in [0, 0.05) is 12.4 Å². The Morgan fingerprint density at radius 2 is 2.29 bits per heavy atom. The highest BCUT2D eigenvalue weighted by molar-refractivity contribution is 6.03. The molecule has 0 aliphatic heterocycles. The van der Waals surface area contributed by atoms with E-state index in [0.29, 0.717) is 17.3 Å². The number of imidazole rings is 1.